The first-order chi connectivity index (χ1) is 8.06. The van der Waals surface area contributed by atoms with Crippen LogP contribution >= 0.6 is 15.9 Å². The van der Waals surface area contributed by atoms with Crippen LogP contribution in [-0.2, 0) is 4.79 Å². The first-order valence-electron chi connectivity index (χ1n) is 5.48. The van der Waals surface area contributed by atoms with E-state index in [1.165, 1.54) is 18.2 Å². The Balaban J connectivity index is 1.94. The first-order valence-corrected chi connectivity index (χ1v) is 6.27. The topological polar surface area (TPSA) is 38.3 Å². The van der Waals surface area contributed by atoms with Gasteiger partial charge in [0, 0.05) is 6.04 Å². The number of hydrogen-bond acceptors (Lipinski definition) is 2. The Labute approximate surface area is 107 Å². The zero-order valence-electron chi connectivity index (χ0n) is 9.37. The quantitative estimate of drug-likeness (QED) is 0.928. The zero-order valence-corrected chi connectivity index (χ0v) is 11.0. The van der Waals surface area contributed by atoms with Gasteiger partial charge in [-0.1, -0.05) is 0 Å². The van der Waals surface area contributed by atoms with Gasteiger partial charge in [0.05, 0.1) is 4.47 Å². The largest absolute Gasteiger partial charge is 0.481 e. The second-order valence-corrected chi connectivity index (χ2v) is 4.97. The van der Waals surface area contributed by atoms with Crippen molar-refractivity contribution in [2.24, 2.45) is 0 Å². The fourth-order valence-electron chi connectivity index (χ4n) is 1.35. The zero-order chi connectivity index (χ0) is 12.4. The highest BCUT2D eigenvalue weighted by atomic mass is 79.9. The smallest absolute Gasteiger partial charge is 0.260 e. The van der Waals surface area contributed by atoms with E-state index in [-0.39, 0.29) is 11.7 Å². The molecule has 0 spiro atoms. The summed E-state index contributed by atoms with van der Waals surface area (Å²) in [5, 5.41) is 2.85. The average Bonchev–Trinajstić information content (AvgIpc) is 3.07. The summed E-state index contributed by atoms with van der Waals surface area (Å²) < 4.78 is 18.7. The van der Waals surface area contributed by atoms with Crippen molar-refractivity contribution in [3.63, 3.8) is 0 Å². The molecule has 0 heterocycles. The van der Waals surface area contributed by atoms with Gasteiger partial charge in [-0.25, -0.2) is 4.39 Å². The Hall–Kier alpha value is -1.10. The standard InChI is InChI=1S/C12H13BrFNO2/c1-7(12(16)15-8-2-3-8)17-9-4-5-11(14)10(13)6-9/h4-8H,2-3H2,1H3,(H,15,16). The van der Waals surface area contributed by atoms with Crippen LogP contribution in [0.15, 0.2) is 22.7 Å². The molecule has 1 N–H and O–H groups in total. The summed E-state index contributed by atoms with van der Waals surface area (Å²) in [6.07, 6.45) is 1.51. The number of carbonyl (C=O) groups is 1. The van der Waals surface area contributed by atoms with Gasteiger partial charge in [0.15, 0.2) is 6.10 Å². The molecule has 2 rings (SSSR count). The van der Waals surface area contributed by atoms with E-state index in [2.05, 4.69) is 21.2 Å². The predicted molar refractivity (Wildman–Crippen MR) is 65.4 cm³/mol. The minimum atomic E-state index is -0.576. The molecule has 0 aromatic heterocycles. The van der Waals surface area contributed by atoms with Crippen LogP contribution in [0.4, 0.5) is 4.39 Å². The molecule has 17 heavy (non-hydrogen) atoms. The van der Waals surface area contributed by atoms with Crippen molar-refractivity contribution in [3.05, 3.63) is 28.5 Å². The van der Waals surface area contributed by atoms with Crippen molar-refractivity contribution in [1.82, 2.24) is 5.32 Å². The first kappa shape index (κ1) is 12.4. The van der Waals surface area contributed by atoms with Gasteiger partial charge >= 0.3 is 0 Å². The third-order valence-electron chi connectivity index (χ3n) is 2.50. The summed E-state index contributed by atoms with van der Waals surface area (Å²) >= 11 is 3.07. The second-order valence-electron chi connectivity index (χ2n) is 4.12. The lowest BCUT2D eigenvalue weighted by molar-refractivity contribution is -0.127. The number of nitrogens with one attached hydrogen (secondary N) is 1. The van der Waals surface area contributed by atoms with Gasteiger partial charge in [0.25, 0.3) is 5.91 Å². The molecule has 1 aliphatic rings. The van der Waals surface area contributed by atoms with Crippen molar-refractivity contribution in [1.29, 1.82) is 0 Å². The van der Waals surface area contributed by atoms with Crippen LogP contribution in [0.5, 0.6) is 5.75 Å². The Morgan fingerprint density at radius 2 is 2.29 bits per heavy atom. The van der Waals surface area contributed by atoms with E-state index < -0.39 is 6.10 Å². The Morgan fingerprint density at radius 1 is 1.59 bits per heavy atom. The molecular weight excluding hydrogens is 289 g/mol. The molecule has 1 saturated carbocycles. The third-order valence-corrected chi connectivity index (χ3v) is 3.10. The number of rotatable bonds is 4. The minimum Gasteiger partial charge on any atom is -0.481 e. The van der Waals surface area contributed by atoms with Crippen LogP contribution in [-0.4, -0.2) is 18.1 Å². The number of carbonyl (C=O) groups excluding carboxylic acids is 1. The highest BCUT2D eigenvalue weighted by molar-refractivity contribution is 9.10. The van der Waals surface area contributed by atoms with Gasteiger partial charge in [0.2, 0.25) is 0 Å². The molecule has 1 aliphatic carbocycles. The fourth-order valence-corrected chi connectivity index (χ4v) is 1.71. The molecule has 1 atom stereocenters. The van der Waals surface area contributed by atoms with Crippen molar-refractivity contribution in [2.45, 2.75) is 31.9 Å². The predicted octanol–water partition coefficient (Wildman–Crippen LogP) is 2.63. The van der Waals surface area contributed by atoms with Gasteiger partial charge in [-0.05, 0) is 53.9 Å². The van der Waals surface area contributed by atoms with Crippen molar-refractivity contribution >= 4 is 21.8 Å². The molecule has 1 unspecified atom stereocenters. The summed E-state index contributed by atoms with van der Waals surface area (Å²) in [5.41, 5.74) is 0. The number of benzene rings is 1. The lowest BCUT2D eigenvalue weighted by atomic mass is 10.3. The van der Waals surface area contributed by atoms with Crippen molar-refractivity contribution in [3.8, 4) is 5.75 Å². The average molecular weight is 302 g/mol. The summed E-state index contributed by atoms with van der Waals surface area (Å²) in [5.74, 6) is -0.0166. The molecular formula is C12H13BrFNO2. The van der Waals surface area contributed by atoms with E-state index in [0.29, 0.717) is 16.3 Å². The van der Waals surface area contributed by atoms with E-state index in [4.69, 9.17) is 4.74 Å². The Kier molecular flexibility index (Phi) is 3.66. The van der Waals surface area contributed by atoms with Crippen LogP contribution in [0.2, 0.25) is 0 Å². The molecule has 92 valence electrons. The van der Waals surface area contributed by atoms with Crippen LogP contribution in [0.25, 0.3) is 0 Å². The van der Waals surface area contributed by atoms with Crippen molar-refractivity contribution < 1.29 is 13.9 Å². The summed E-state index contributed by atoms with van der Waals surface area (Å²) in [7, 11) is 0. The van der Waals surface area contributed by atoms with Crippen LogP contribution < -0.4 is 10.1 Å². The van der Waals surface area contributed by atoms with E-state index >= 15 is 0 Å². The molecule has 0 radical (unpaired) electrons. The summed E-state index contributed by atoms with van der Waals surface area (Å²) in [6, 6.07) is 4.62. The molecule has 1 amide bonds. The lowest BCUT2D eigenvalue weighted by Gasteiger charge is -2.14. The number of halogens is 2. The molecule has 1 aromatic carbocycles. The lowest BCUT2D eigenvalue weighted by Crippen LogP contribution is -2.37. The minimum absolute atomic E-state index is 0.132. The molecule has 0 saturated heterocycles. The monoisotopic (exact) mass is 301 g/mol. The van der Waals surface area contributed by atoms with E-state index in [1.807, 2.05) is 0 Å². The Bertz CT molecular complexity index is 435. The third kappa shape index (κ3) is 3.43. The van der Waals surface area contributed by atoms with E-state index in [9.17, 15) is 9.18 Å². The van der Waals surface area contributed by atoms with Crippen LogP contribution in [0.3, 0.4) is 0 Å². The summed E-state index contributed by atoms with van der Waals surface area (Å²) in [6.45, 7) is 1.68. The molecule has 0 bridgehead atoms. The van der Waals surface area contributed by atoms with Gasteiger partial charge < -0.3 is 10.1 Å². The SMILES string of the molecule is CC(Oc1ccc(F)c(Br)c1)C(=O)NC1CC1. The number of amides is 1. The van der Waals surface area contributed by atoms with Gasteiger partial charge in [-0.3, -0.25) is 4.79 Å². The van der Waals surface area contributed by atoms with Gasteiger partial charge in [-0.15, -0.1) is 0 Å². The maximum Gasteiger partial charge on any atom is 0.260 e. The molecule has 5 heteroatoms. The van der Waals surface area contributed by atoms with Crippen LogP contribution in [0, 0.1) is 5.82 Å². The number of hydrogen-bond donors (Lipinski definition) is 1. The summed E-state index contributed by atoms with van der Waals surface area (Å²) in [4.78, 5) is 11.6. The second kappa shape index (κ2) is 5.04. The fraction of sp³-hybridized carbons (Fsp3) is 0.417. The highest BCUT2D eigenvalue weighted by Crippen LogP contribution is 2.23. The van der Waals surface area contributed by atoms with Crippen molar-refractivity contribution in [2.75, 3.05) is 0 Å². The Morgan fingerprint density at radius 3 is 2.88 bits per heavy atom. The van der Waals surface area contributed by atoms with Gasteiger partial charge in [0.1, 0.15) is 11.6 Å². The normalized spacial score (nSPS) is 16.4. The molecule has 0 aliphatic heterocycles. The van der Waals surface area contributed by atoms with E-state index in [1.54, 1.807) is 6.92 Å². The van der Waals surface area contributed by atoms with Gasteiger partial charge in [-0.2, -0.15) is 0 Å². The van der Waals surface area contributed by atoms with E-state index in [0.717, 1.165) is 12.8 Å². The maximum atomic E-state index is 13.0. The highest BCUT2D eigenvalue weighted by Gasteiger charge is 2.26. The maximum absolute atomic E-state index is 13.0. The number of ether oxygens (including phenoxy) is 1. The molecule has 3 nitrogen and oxygen atoms in total. The molecule has 1 aromatic rings. The van der Waals surface area contributed by atoms with Crippen LogP contribution in [0.1, 0.15) is 19.8 Å². The molecule has 1 fully saturated rings.